The Bertz CT molecular complexity index is 308. The molecule has 2 unspecified atom stereocenters. The Morgan fingerprint density at radius 2 is 2.35 bits per heavy atom. The highest BCUT2D eigenvalue weighted by molar-refractivity contribution is 7.09. The Kier molecular flexibility index (Phi) is 4.99. The van der Waals surface area contributed by atoms with Gasteiger partial charge in [0, 0.05) is 30.6 Å². The zero-order valence-electron chi connectivity index (χ0n) is 11.0. The van der Waals surface area contributed by atoms with Crippen LogP contribution in [0.1, 0.15) is 44.5 Å². The van der Waals surface area contributed by atoms with Crippen LogP contribution in [0.4, 0.5) is 0 Å². The number of nitrogens with one attached hydrogen (secondary N) is 1. The van der Waals surface area contributed by atoms with Crippen molar-refractivity contribution in [1.29, 1.82) is 0 Å². The van der Waals surface area contributed by atoms with Crippen LogP contribution in [-0.2, 0) is 6.42 Å². The van der Waals surface area contributed by atoms with E-state index in [1.54, 1.807) is 11.3 Å². The fourth-order valence-electron chi connectivity index (χ4n) is 2.78. The van der Waals surface area contributed by atoms with E-state index < -0.39 is 0 Å². The minimum Gasteiger partial charge on any atom is -0.314 e. The fourth-order valence-corrected chi connectivity index (χ4v) is 3.40. The summed E-state index contributed by atoms with van der Waals surface area (Å²) in [6.07, 6.45) is 8.55. The third kappa shape index (κ3) is 4.07. The Morgan fingerprint density at radius 1 is 1.47 bits per heavy atom. The summed E-state index contributed by atoms with van der Waals surface area (Å²) in [7, 11) is 0. The summed E-state index contributed by atoms with van der Waals surface area (Å²) in [5.74, 6) is 1.78. The monoisotopic (exact) mass is 252 g/mol. The third-order valence-corrected chi connectivity index (χ3v) is 4.75. The Morgan fingerprint density at radius 3 is 3.06 bits per heavy atom. The van der Waals surface area contributed by atoms with Crippen LogP contribution in [0.2, 0.25) is 0 Å². The quantitative estimate of drug-likeness (QED) is 0.867. The molecule has 0 spiro atoms. The average Bonchev–Trinajstić information content (AvgIpc) is 2.82. The van der Waals surface area contributed by atoms with Crippen LogP contribution in [0, 0.1) is 11.8 Å². The van der Waals surface area contributed by atoms with Gasteiger partial charge in [-0.1, -0.05) is 26.7 Å². The number of aromatic nitrogens is 1. The molecule has 2 atom stereocenters. The Balaban J connectivity index is 1.68. The molecular weight excluding hydrogens is 228 g/mol. The van der Waals surface area contributed by atoms with Crippen molar-refractivity contribution in [3.05, 3.63) is 16.6 Å². The lowest BCUT2D eigenvalue weighted by molar-refractivity contribution is 0.232. The third-order valence-electron chi connectivity index (χ3n) is 3.91. The zero-order chi connectivity index (χ0) is 12.1. The predicted molar refractivity (Wildman–Crippen MR) is 74.4 cm³/mol. The molecular formula is C14H24N2S. The van der Waals surface area contributed by atoms with E-state index in [1.165, 1.54) is 30.7 Å². The maximum Gasteiger partial charge on any atom is 0.0937 e. The van der Waals surface area contributed by atoms with Gasteiger partial charge >= 0.3 is 0 Å². The summed E-state index contributed by atoms with van der Waals surface area (Å²) < 4.78 is 0. The minimum atomic E-state index is 0.746. The molecule has 1 heterocycles. The van der Waals surface area contributed by atoms with Gasteiger partial charge in [-0.2, -0.15) is 0 Å². The molecule has 96 valence electrons. The summed E-state index contributed by atoms with van der Waals surface area (Å²) in [6, 6.07) is 0.746. The number of hydrogen-bond acceptors (Lipinski definition) is 3. The number of nitrogens with zero attached hydrogens (tertiary/aromatic N) is 1. The fraction of sp³-hybridized carbons (Fsp3) is 0.786. The van der Waals surface area contributed by atoms with E-state index in [4.69, 9.17) is 0 Å². The van der Waals surface area contributed by atoms with Crippen molar-refractivity contribution in [3.8, 4) is 0 Å². The molecule has 0 amide bonds. The van der Waals surface area contributed by atoms with Crippen LogP contribution in [0.3, 0.4) is 0 Å². The molecule has 1 aromatic rings. The first-order chi connectivity index (χ1) is 8.25. The lowest BCUT2D eigenvalue weighted by Gasteiger charge is -2.32. The highest BCUT2D eigenvalue weighted by Gasteiger charge is 2.23. The Labute approximate surface area is 109 Å². The van der Waals surface area contributed by atoms with E-state index in [-0.39, 0.29) is 0 Å². The first-order valence-corrected chi connectivity index (χ1v) is 7.75. The molecule has 1 aliphatic rings. The van der Waals surface area contributed by atoms with Gasteiger partial charge in [0.1, 0.15) is 0 Å². The molecule has 17 heavy (non-hydrogen) atoms. The van der Waals surface area contributed by atoms with Crippen molar-refractivity contribution in [2.24, 2.45) is 11.8 Å². The number of thiazole rings is 1. The van der Waals surface area contributed by atoms with Crippen molar-refractivity contribution in [2.45, 2.75) is 52.0 Å². The molecule has 0 saturated heterocycles. The topological polar surface area (TPSA) is 24.9 Å². The van der Waals surface area contributed by atoms with Gasteiger partial charge in [0.05, 0.1) is 5.01 Å². The largest absolute Gasteiger partial charge is 0.314 e. The Hall–Kier alpha value is -0.410. The summed E-state index contributed by atoms with van der Waals surface area (Å²) in [6.45, 7) is 5.81. The van der Waals surface area contributed by atoms with E-state index in [1.807, 2.05) is 6.20 Å². The molecule has 2 nitrogen and oxygen atoms in total. The molecule has 0 bridgehead atoms. The molecule has 1 N–H and O–H groups in total. The van der Waals surface area contributed by atoms with E-state index in [2.05, 4.69) is 29.5 Å². The second kappa shape index (κ2) is 6.50. The van der Waals surface area contributed by atoms with Crippen LogP contribution < -0.4 is 5.32 Å². The zero-order valence-corrected chi connectivity index (χ0v) is 11.8. The van der Waals surface area contributed by atoms with Crippen molar-refractivity contribution in [3.63, 3.8) is 0 Å². The van der Waals surface area contributed by atoms with Gasteiger partial charge in [0.2, 0.25) is 0 Å². The van der Waals surface area contributed by atoms with E-state index in [0.717, 1.165) is 30.8 Å². The maximum absolute atomic E-state index is 4.32. The van der Waals surface area contributed by atoms with Crippen molar-refractivity contribution in [2.75, 3.05) is 6.54 Å². The summed E-state index contributed by atoms with van der Waals surface area (Å²) >= 11 is 1.76. The van der Waals surface area contributed by atoms with Gasteiger partial charge < -0.3 is 5.32 Å². The van der Waals surface area contributed by atoms with Gasteiger partial charge in [0.25, 0.3) is 0 Å². The van der Waals surface area contributed by atoms with Crippen molar-refractivity contribution >= 4 is 11.3 Å². The van der Waals surface area contributed by atoms with E-state index in [0.29, 0.717) is 0 Å². The van der Waals surface area contributed by atoms with Gasteiger partial charge in [-0.3, -0.25) is 0 Å². The first kappa shape index (κ1) is 13.0. The second-order valence-corrected chi connectivity index (χ2v) is 6.48. The van der Waals surface area contributed by atoms with Gasteiger partial charge in [0.15, 0.2) is 0 Å². The molecule has 0 aromatic carbocycles. The van der Waals surface area contributed by atoms with Crippen LogP contribution in [0.25, 0.3) is 0 Å². The lowest BCUT2D eigenvalue weighted by Crippen LogP contribution is -2.36. The van der Waals surface area contributed by atoms with Crippen LogP contribution in [-0.4, -0.2) is 17.6 Å². The molecule has 0 aliphatic heterocycles. The normalized spacial score (nSPS) is 25.4. The SMILES string of the molecule is CC(C)C1CCCC(NCCc2nccs2)C1. The summed E-state index contributed by atoms with van der Waals surface area (Å²) in [4.78, 5) is 4.32. The molecule has 2 rings (SSSR count). The highest BCUT2D eigenvalue weighted by atomic mass is 32.1. The van der Waals surface area contributed by atoms with Gasteiger partial charge in [-0.25, -0.2) is 4.98 Å². The maximum atomic E-state index is 4.32. The lowest BCUT2D eigenvalue weighted by atomic mass is 9.79. The molecule has 1 aromatic heterocycles. The van der Waals surface area contributed by atoms with E-state index in [9.17, 15) is 0 Å². The molecule has 0 radical (unpaired) electrons. The van der Waals surface area contributed by atoms with Crippen LogP contribution >= 0.6 is 11.3 Å². The molecule has 1 fully saturated rings. The standard InChI is InChI=1S/C14H24N2S/c1-11(2)12-4-3-5-13(10-12)15-7-6-14-16-8-9-17-14/h8-9,11-13,15H,3-7,10H2,1-2H3. The molecule has 1 saturated carbocycles. The van der Waals surface area contributed by atoms with Gasteiger partial charge in [-0.15, -0.1) is 11.3 Å². The van der Waals surface area contributed by atoms with Crippen molar-refractivity contribution in [1.82, 2.24) is 10.3 Å². The van der Waals surface area contributed by atoms with Gasteiger partial charge in [-0.05, 0) is 24.7 Å². The molecule has 1 aliphatic carbocycles. The summed E-state index contributed by atoms with van der Waals surface area (Å²) in [5, 5.41) is 7.03. The van der Waals surface area contributed by atoms with Crippen LogP contribution in [0.15, 0.2) is 11.6 Å². The number of hydrogen-bond donors (Lipinski definition) is 1. The smallest absolute Gasteiger partial charge is 0.0937 e. The minimum absolute atomic E-state index is 0.746. The first-order valence-electron chi connectivity index (χ1n) is 6.87. The predicted octanol–water partition coefficient (Wildman–Crippen LogP) is 3.49. The second-order valence-electron chi connectivity index (χ2n) is 5.50. The number of rotatable bonds is 5. The average molecular weight is 252 g/mol. The van der Waals surface area contributed by atoms with E-state index >= 15 is 0 Å². The highest BCUT2D eigenvalue weighted by Crippen LogP contribution is 2.29. The molecule has 3 heteroatoms. The van der Waals surface area contributed by atoms with Crippen molar-refractivity contribution < 1.29 is 0 Å². The summed E-state index contributed by atoms with van der Waals surface area (Å²) in [5.41, 5.74) is 0. The van der Waals surface area contributed by atoms with Crippen LogP contribution in [0.5, 0.6) is 0 Å².